The van der Waals surface area contributed by atoms with Gasteiger partial charge in [0.2, 0.25) is 11.7 Å². The Labute approximate surface area is 158 Å². The molecule has 0 bridgehead atoms. The molecule has 1 saturated carbocycles. The number of benzene rings is 1. The molecule has 1 N–H and O–H groups in total. The van der Waals surface area contributed by atoms with Gasteiger partial charge in [0.05, 0.1) is 26.7 Å². The molecule has 5 nitrogen and oxygen atoms in total. The maximum atomic E-state index is 12.1. The molecule has 0 atom stereocenters. The second-order valence-electron chi connectivity index (χ2n) is 6.46. The minimum Gasteiger partial charge on any atom is -0.493 e. The van der Waals surface area contributed by atoms with Crippen molar-refractivity contribution in [2.24, 2.45) is 0 Å². The summed E-state index contributed by atoms with van der Waals surface area (Å²) < 4.78 is 16.9. The maximum Gasteiger partial charge on any atom is 0.224 e. The van der Waals surface area contributed by atoms with Crippen molar-refractivity contribution in [1.29, 1.82) is 0 Å². The van der Waals surface area contributed by atoms with Crippen molar-refractivity contribution in [3.63, 3.8) is 0 Å². The SMILES string of the molecule is COc1cccc(OC2CCC(NC(=O)Cc3ccsc3)CC2)c1OC. The average Bonchev–Trinajstić information content (AvgIpc) is 3.16. The van der Waals surface area contributed by atoms with E-state index in [2.05, 4.69) is 5.32 Å². The molecule has 1 aromatic heterocycles. The Morgan fingerprint density at radius 2 is 1.88 bits per heavy atom. The Balaban J connectivity index is 1.49. The van der Waals surface area contributed by atoms with Gasteiger partial charge in [-0.25, -0.2) is 0 Å². The lowest BCUT2D eigenvalue weighted by atomic mass is 9.92. The van der Waals surface area contributed by atoms with Crippen LogP contribution in [0.2, 0.25) is 0 Å². The van der Waals surface area contributed by atoms with Crippen LogP contribution in [0.3, 0.4) is 0 Å². The first kappa shape index (κ1) is 18.6. The van der Waals surface area contributed by atoms with Crippen molar-refractivity contribution < 1.29 is 19.0 Å². The molecular weight excluding hydrogens is 350 g/mol. The summed E-state index contributed by atoms with van der Waals surface area (Å²) in [4.78, 5) is 12.1. The first-order valence-electron chi connectivity index (χ1n) is 8.87. The van der Waals surface area contributed by atoms with Gasteiger partial charge in [0, 0.05) is 6.04 Å². The molecule has 3 rings (SSSR count). The molecule has 1 aliphatic carbocycles. The first-order chi connectivity index (χ1) is 12.7. The number of hydrogen-bond acceptors (Lipinski definition) is 5. The highest BCUT2D eigenvalue weighted by Crippen LogP contribution is 2.38. The Morgan fingerprint density at radius 1 is 1.12 bits per heavy atom. The third-order valence-corrected chi connectivity index (χ3v) is 5.38. The summed E-state index contributed by atoms with van der Waals surface area (Å²) in [7, 11) is 3.23. The first-order valence-corrected chi connectivity index (χ1v) is 9.82. The number of rotatable bonds is 7. The van der Waals surface area contributed by atoms with Crippen LogP contribution in [-0.4, -0.2) is 32.3 Å². The smallest absolute Gasteiger partial charge is 0.224 e. The predicted octanol–water partition coefficient (Wildman–Crippen LogP) is 3.81. The van der Waals surface area contributed by atoms with Crippen LogP contribution >= 0.6 is 11.3 Å². The fraction of sp³-hybridized carbons (Fsp3) is 0.450. The summed E-state index contributed by atoms with van der Waals surface area (Å²) in [5.74, 6) is 2.10. The number of nitrogens with one attached hydrogen (secondary N) is 1. The monoisotopic (exact) mass is 375 g/mol. The molecule has 26 heavy (non-hydrogen) atoms. The molecule has 2 aromatic rings. The lowest BCUT2D eigenvalue weighted by Gasteiger charge is -2.30. The lowest BCUT2D eigenvalue weighted by Crippen LogP contribution is -2.40. The molecule has 0 unspecified atom stereocenters. The number of thiophene rings is 1. The highest BCUT2D eigenvalue weighted by Gasteiger charge is 2.25. The van der Waals surface area contributed by atoms with Crippen molar-refractivity contribution in [2.75, 3.05) is 14.2 Å². The summed E-state index contributed by atoms with van der Waals surface area (Å²) >= 11 is 1.62. The van der Waals surface area contributed by atoms with Crippen molar-refractivity contribution >= 4 is 17.2 Å². The van der Waals surface area contributed by atoms with Crippen LogP contribution in [0.5, 0.6) is 17.2 Å². The molecule has 140 valence electrons. The van der Waals surface area contributed by atoms with Gasteiger partial charge in [-0.15, -0.1) is 0 Å². The van der Waals surface area contributed by atoms with Gasteiger partial charge in [0.15, 0.2) is 11.5 Å². The van der Waals surface area contributed by atoms with E-state index in [9.17, 15) is 4.79 Å². The van der Waals surface area contributed by atoms with E-state index in [1.54, 1.807) is 25.6 Å². The van der Waals surface area contributed by atoms with Crippen LogP contribution < -0.4 is 19.5 Å². The highest BCUT2D eigenvalue weighted by molar-refractivity contribution is 7.08. The molecule has 0 saturated heterocycles. The molecular formula is C20H25NO4S. The van der Waals surface area contributed by atoms with E-state index in [1.807, 2.05) is 35.0 Å². The van der Waals surface area contributed by atoms with E-state index in [1.165, 1.54) is 0 Å². The lowest BCUT2D eigenvalue weighted by molar-refractivity contribution is -0.121. The van der Waals surface area contributed by atoms with Gasteiger partial charge >= 0.3 is 0 Å². The second kappa shape index (κ2) is 8.94. The normalized spacial score (nSPS) is 19.6. The van der Waals surface area contributed by atoms with Crippen LogP contribution in [0.1, 0.15) is 31.2 Å². The molecule has 1 heterocycles. The van der Waals surface area contributed by atoms with Gasteiger partial charge in [-0.2, -0.15) is 11.3 Å². The molecule has 1 fully saturated rings. The summed E-state index contributed by atoms with van der Waals surface area (Å²) in [5.41, 5.74) is 1.08. The third kappa shape index (κ3) is 4.69. The molecule has 0 spiro atoms. The summed E-state index contributed by atoms with van der Waals surface area (Å²) in [6, 6.07) is 7.87. The molecule has 0 radical (unpaired) electrons. The Hall–Kier alpha value is -2.21. The Morgan fingerprint density at radius 3 is 2.54 bits per heavy atom. The zero-order valence-electron chi connectivity index (χ0n) is 15.2. The molecule has 1 amide bonds. The number of hydrogen-bond donors (Lipinski definition) is 1. The quantitative estimate of drug-likeness (QED) is 0.799. The van der Waals surface area contributed by atoms with E-state index < -0.39 is 0 Å². The molecule has 1 aliphatic rings. The van der Waals surface area contributed by atoms with Crippen LogP contribution in [0.25, 0.3) is 0 Å². The molecule has 6 heteroatoms. The zero-order chi connectivity index (χ0) is 18.4. The standard InChI is InChI=1S/C20H25NO4S/c1-23-17-4-3-5-18(20(17)24-2)25-16-8-6-15(7-9-16)21-19(22)12-14-10-11-26-13-14/h3-5,10-11,13,15-16H,6-9,12H2,1-2H3,(H,21,22). The van der Waals surface area contributed by atoms with Gasteiger partial charge in [0.25, 0.3) is 0 Å². The van der Waals surface area contributed by atoms with Crippen molar-refractivity contribution in [3.05, 3.63) is 40.6 Å². The Kier molecular flexibility index (Phi) is 6.39. The fourth-order valence-electron chi connectivity index (χ4n) is 3.31. The Bertz CT molecular complexity index is 709. The highest BCUT2D eigenvalue weighted by atomic mass is 32.1. The number of para-hydroxylation sites is 1. The number of carbonyl (C=O) groups is 1. The fourth-order valence-corrected chi connectivity index (χ4v) is 3.98. The van der Waals surface area contributed by atoms with Crippen molar-refractivity contribution in [2.45, 2.75) is 44.2 Å². The summed E-state index contributed by atoms with van der Waals surface area (Å²) in [5, 5.41) is 7.17. The van der Waals surface area contributed by atoms with Crippen molar-refractivity contribution in [3.8, 4) is 17.2 Å². The van der Waals surface area contributed by atoms with Gasteiger partial charge in [-0.1, -0.05) is 6.07 Å². The number of amides is 1. The largest absolute Gasteiger partial charge is 0.493 e. The number of methoxy groups -OCH3 is 2. The number of carbonyl (C=O) groups excluding carboxylic acids is 1. The second-order valence-corrected chi connectivity index (χ2v) is 7.24. The van der Waals surface area contributed by atoms with E-state index in [0.717, 1.165) is 31.2 Å². The van der Waals surface area contributed by atoms with Gasteiger partial charge in [0.1, 0.15) is 0 Å². The summed E-state index contributed by atoms with van der Waals surface area (Å²) in [6.45, 7) is 0. The van der Waals surface area contributed by atoms with E-state index in [4.69, 9.17) is 14.2 Å². The average molecular weight is 375 g/mol. The van der Waals surface area contributed by atoms with Gasteiger partial charge < -0.3 is 19.5 Å². The van der Waals surface area contributed by atoms with E-state index in [0.29, 0.717) is 23.7 Å². The van der Waals surface area contributed by atoms with Crippen LogP contribution in [0.4, 0.5) is 0 Å². The van der Waals surface area contributed by atoms with Crippen LogP contribution in [0, 0.1) is 0 Å². The minimum absolute atomic E-state index is 0.0993. The van der Waals surface area contributed by atoms with Crippen molar-refractivity contribution in [1.82, 2.24) is 5.32 Å². The molecule has 0 aliphatic heterocycles. The van der Waals surface area contributed by atoms with E-state index >= 15 is 0 Å². The predicted molar refractivity (Wildman–Crippen MR) is 102 cm³/mol. The third-order valence-electron chi connectivity index (χ3n) is 4.64. The van der Waals surface area contributed by atoms with Gasteiger partial charge in [-0.3, -0.25) is 4.79 Å². The minimum atomic E-state index is 0.0993. The van der Waals surface area contributed by atoms with Crippen LogP contribution in [0.15, 0.2) is 35.0 Å². The summed E-state index contributed by atoms with van der Waals surface area (Å²) in [6.07, 6.45) is 4.24. The zero-order valence-corrected chi connectivity index (χ0v) is 16.0. The van der Waals surface area contributed by atoms with Crippen LogP contribution in [-0.2, 0) is 11.2 Å². The topological polar surface area (TPSA) is 56.8 Å². The van der Waals surface area contributed by atoms with E-state index in [-0.39, 0.29) is 18.1 Å². The molecule has 1 aromatic carbocycles. The van der Waals surface area contributed by atoms with Gasteiger partial charge in [-0.05, 0) is 60.2 Å². The number of ether oxygens (including phenoxy) is 3. The maximum absolute atomic E-state index is 12.1.